The maximum absolute atomic E-state index is 5.78. The Bertz CT molecular complexity index is 320. The first-order valence-electron chi connectivity index (χ1n) is 5.29. The standard InChI is InChI=1S/C12H18N2/c1-9(2)14-8-10(7-13)11-5-3-4-6-12(11)14/h3-6,9-10H,7-8,13H2,1-2H3. The topological polar surface area (TPSA) is 29.3 Å². The van der Waals surface area contributed by atoms with Crippen molar-refractivity contribution in [3.05, 3.63) is 29.8 Å². The average molecular weight is 190 g/mol. The molecule has 1 aromatic rings. The molecule has 2 N–H and O–H groups in total. The number of rotatable bonds is 2. The predicted octanol–water partition coefficient (Wildman–Crippen LogP) is 1.96. The summed E-state index contributed by atoms with van der Waals surface area (Å²) >= 11 is 0. The van der Waals surface area contributed by atoms with E-state index >= 15 is 0 Å². The third-order valence-electron chi connectivity index (χ3n) is 3.01. The van der Waals surface area contributed by atoms with E-state index in [0.29, 0.717) is 12.0 Å². The normalized spacial score (nSPS) is 20.3. The number of hydrogen-bond acceptors (Lipinski definition) is 2. The molecule has 1 unspecified atom stereocenters. The zero-order valence-electron chi connectivity index (χ0n) is 8.90. The first-order chi connectivity index (χ1) is 6.74. The smallest absolute Gasteiger partial charge is 0.0405 e. The molecule has 0 fully saturated rings. The van der Waals surface area contributed by atoms with Crippen LogP contribution in [-0.4, -0.2) is 19.1 Å². The van der Waals surface area contributed by atoms with Gasteiger partial charge in [0.1, 0.15) is 0 Å². The van der Waals surface area contributed by atoms with Crippen LogP contribution < -0.4 is 10.6 Å². The highest BCUT2D eigenvalue weighted by molar-refractivity contribution is 5.60. The Kier molecular flexibility index (Phi) is 2.46. The maximum atomic E-state index is 5.78. The summed E-state index contributed by atoms with van der Waals surface area (Å²) in [5, 5.41) is 0. The van der Waals surface area contributed by atoms with E-state index in [1.807, 2.05) is 0 Å². The molecule has 1 aromatic carbocycles. The van der Waals surface area contributed by atoms with Crippen molar-refractivity contribution in [3.8, 4) is 0 Å². The number of nitrogens with two attached hydrogens (primary N) is 1. The molecule has 2 heteroatoms. The molecular formula is C12H18N2. The Morgan fingerprint density at radius 3 is 2.79 bits per heavy atom. The van der Waals surface area contributed by atoms with Crippen LogP contribution in [0.3, 0.4) is 0 Å². The molecule has 0 amide bonds. The summed E-state index contributed by atoms with van der Waals surface area (Å²) in [6, 6.07) is 9.17. The van der Waals surface area contributed by atoms with Gasteiger partial charge in [-0.1, -0.05) is 18.2 Å². The molecule has 14 heavy (non-hydrogen) atoms. The summed E-state index contributed by atoms with van der Waals surface area (Å²) in [7, 11) is 0. The van der Waals surface area contributed by atoms with E-state index in [-0.39, 0.29) is 0 Å². The van der Waals surface area contributed by atoms with Crippen molar-refractivity contribution in [1.29, 1.82) is 0 Å². The largest absolute Gasteiger partial charge is 0.368 e. The lowest BCUT2D eigenvalue weighted by atomic mass is 10.0. The molecule has 2 nitrogen and oxygen atoms in total. The first kappa shape index (κ1) is 9.53. The summed E-state index contributed by atoms with van der Waals surface area (Å²) in [5.74, 6) is 0.522. The fourth-order valence-electron chi connectivity index (χ4n) is 2.22. The molecule has 1 atom stereocenters. The van der Waals surface area contributed by atoms with E-state index in [9.17, 15) is 0 Å². The summed E-state index contributed by atoms with van der Waals surface area (Å²) < 4.78 is 0. The fourth-order valence-corrected chi connectivity index (χ4v) is 2.22. The minimum absolute atomic E-state index is 0.522. The Labute approximate surface area is 85.7 Å². The third-order valence-corrected chi connectivity index (χ3v) is 3.01. The van der Waals surface area contributed by atoms with E-state index in [4.69, 9.17) is 5.73 Å². The molecule has 0 radical (unpaired) electrons. The highest BCUT2D eigenvalue weighted by Gasteiger charge is 2.28. The van der Waals surface area contributed by atoms with Gasteiger partial charge in [0.25, 0.3) is 0 Å². The molecule has 2 rings (SSSR count). The lowest BCUT2D eigenvalue weighted by Gasteiger charge is -2.24. The summed E-state index contributed by atoms with van der Waals surface area (Å²) in [6.45, 7) is 6.29. The lowest BCUT2D eigenvalue weighted by Crippen LogP contribution is -2.30. The molecule has 0 aliphatic carbocycles. The van der Waals surface area contributed by atoms with Crippen LogP contribution in [0.2, 0.25) is 0 Å². The minimum atomic E-state index is 0.522. The Hall–Kier alpha value is -1.02. The van der Waals surface area contributed by atoms with Crippen molar-refractivity contribution in [3.63, 3.8) is 0 Å². The van der Waals surface area contributed by atoms with Crippen molar-refractivity contribution in [2.24, 2.45) is 5.73 Å². The van der Waals surface area contributed by atoms with Crippen LogP contribution in [-0.2, 0) is 0 Å². The van der Waals surface area contributed by atoms with Crippen LogP contribution >= 0.6 is 0 Å². The van der Waals surface area contributed by atoms with Crippen LogP contribution in [0, 0.1) is 0 Å². The number of benzene rings is 1. The molecule has 1 aliphatic heterocycles. The molecule has 0 bridgehead atoms. The Balaban J connectivity index is 2.38. The van der Waals surface area contributed by atoms with E-state index in [2.05, 4.69) is 43.0 Å². The van der Waals surface area contributed by atoms with Gasteiger partial charge in [0.2, 0.25) is 0 Å². The maximum Gasteiger partial charge on any atom is 0.0405 e. The second-order valence-corrected chi connectivity index (χ2v) is 4.24. The first-order valence-corrected chi connectivity index (χ1v) is 5.29. The molecule has 0 aromatic heterocycles. The highest BCUT2D eigenvalue weighted by atomic mass is 15.2. The Morgan fingerprint density at radius 2 is 2.14 bits per heavy atom. The molecular weight excluding hydrogens is 172 g/mol. The zero-order chi connectivity index (χ0) is 10.1. The van der Waals surface area contributed by atoms with E-state index in [1.54, 1.807) is 0 Å². The van der Waals surface area contributed by atoms with Gasteiger partial charge in [-0.05, 0) is 25.5 Å². The van der Waals surface area contributed by atoms with Crippen LogP contribution in [0.5, 0.6) is 0 Å². The molecule has 1 heterocycles. The number of hydrogen-bond donors (Lipinski definition) is 1. The molecule has 76 valence electrons. The quantitative estimate of drug-likeness (QED) is 0.772. The van der Waals surface area contributed by atoms with Crippen LogP contribution in [0.4, 0.5) is 5.69 Å². The second-order valence-electron chi connectivity index (χ2n) is 4.24. The van der Waals surface area contributed by atoms with Gasteiger partial charge in [-0.3, -0.25) is 0 Å². The minimum Gasteiger partial charge on any atom is -0.368 e. The SMILES string of the molecule is CC(C)N1CC(CN)c2ccccc21. The fraction of sp³-hybridized carbons (Fsp3) is 0.500. The number of nitrogens with zero attached hydrogens (tertiary/aromatic N) is 1. The molecule has 0 saturated heterocycles. The number of fused-ring (bicyclic) bond motifs is 1. The van der Waals surface area contributed by atoms with Crippen molar-refractivity contribution in [1.82, 2.24) is 0 Å². The summed E-state index contributed by atoms with van der Waals surface area (Å²) in [5.41, 5.74) is 8.58. The summed E-state index contributed by atoms with van der Waals surface area (Å²) in [4.78, 5) is 2.44. The molecule has 0 saturated carbocycles. The Morgan fingerprint density at radius 1 is 1.43 bits per heavy atom. The monoisotopic (exact) mass is 190 g/mol. The summed E-state index contributed by atoms with van der Waals surface area (Å²) in [6.07, 6.45) is 0. The lowest BCUT2D eigenvalue weighted by molar-refractivity contribution is 0.647. The predicted molar refractivity (Wildman–Crippen MR) is 60.7 cm³/mol. The van der Waals surface area contributed by atoms with Gasteiger partial charge in [-0.15, -0.1) is 0 Å². The van der Waals surface area contributed by atoms with E-state index < -0.39 is 0 Å². The number of anilines is 1. The van der Waals surface area contributed by atoms with Crippen LogP contribution in [0.15, 0.2) is 24.3 Å². The van der Waals surface area contributed by atoms with Gasteiger partial charge in [0.15, 0.2) is 0 Å². The van der Waals surface area contributed by atoms with Gasteiger partial charge in [0.05, 0.1) is 0 Å². The second kappa shape index (κ2) is 3.62. The number of para-hydroxylation sites is 1. The molecule has 1 aliphatic rings. The average Bonchev–Trinajstić information content (AvgIpc) is 2.56. The van der Waals surface area contributed by atoms with Gasteiger partial charge in [0, 0.05) is 30.7 Å². The van der Waals surface area contributed by atoms with E-state index in [1.165, 1.54) is 11.3 Å². The third kappa shape index (κ3) is 1.40. The van der Waals surface area contributed by atoms with Crippen molar-refractivity contribution < 1.29 is 0 Å². The zero-order valence-corrected chi connectivity index (χ0v) is 8.90. The van der Waals surface area contributed by atoms with Gasteiger partial charge in [-0.2, -0.15) is 0 Å². The van der Waals surface area contributed by atoms with Crippen LogP contribution in [0.25, 0.3) is 0 Å². The van der Waals surface area contributed by atoms with Gasteiger partial charge < -0.3 is 10.6 Å². The van der Waals surface area contributed by atoms with E-state index in [0.717, 1.165) is 13.1 Å². The van der Waals surface area contributed by atoms with Crippen molar-refractivity contribution >= 4 is 5.69 Å². The highest BCUT2D eigenvalue weighted by Crippen LogP contribution is 2.36. The van der Waals surface area contributed by atoms with Gasteiger partial charge >= 0.3 is 0 Å². The molecule has 0 spiro atoms. The van der Waals surface area contributed by atoms with Gasteiger partial charge in [-0.25, -0.2) is 0 Å². The van der Waals surface area contributed by atoms with Crippen molar-refractivity contribution in [2.45, 2.75) is 25.8 Å². The van der Waals surface area contributed by atoms with Crippen molar-refractivity contribution in [2.75, 3.05) is 18.0 Å². The van der Waals surface area contributed by atoms with Crippen LogP contribution in [0.1, 0.15) is 25.3 Å².